The Hall–Kier alpha value is -0.860. The average Bonchev–Trinajstić information content (AvgIpc) is 2.88. The summed E-state index contributed by atoms with van der Waals surface area (Å²) in [5.74, 6) is 0.404. The molecule has 21 heavy (non-hydrogen) atoms. The van der Waals surface area contributed by atoms with Gasteiger partial charge >= 0.3 is 0 Å². The van der Waals surface area contributed by atoms with Crippen molar-refractivity contribution in [3.05, 3.63) is 57.7 Å². The van der Waals surface area contributed by atoms with Crippen LogP contribution in [0.3, 0.4) is 0 Å². The Kier molecular flexibility index (Phi) is 5.83. The molecule has 0 N–H and O–H groups in total. The summed E-state index contributed by atoms with van der Waals surface area (Å²) in [6.07, 6.45) is 0. The first-order valence-corrected chi connectivity index (χ1v) is 8.06. The molecule has 6 heteroatoms. The first-order chi connectivity index (χ1) is 9.72. The van der Waals surface area contributed by atoms with Crippen molar-refractivity contribution in [2.24, 2.45) is 0 Å². The summed E-state index contributed by atoms with van der Waals surface area (Å²) in [4.78, 5) is 16.4. The van der Waals surface area contributed by atoms with E-state index in [9.17, 15) is 4.79 Å². The molecule has 0 saturated carbocycles. The number of oxazole rings is 1. The van der Waals surface area contributed by atoms with Crippen molar-refractivity contribution < 1.29 is 9.21 Å². The molecule has 0 saturated heterocycles. The van der Waals surface area contributed by atoms with E-state index in [1.165, 1.54) is 11.8 Å². The van der Waals surface area contributed by atoms with Crippen LogP contribution in [0.25, 0.3) is 11.1 Å². The zero-order chi connectivity index (χ0) is 13.9. The lowest BCUT2D eigenvalue weighted by atomic mass is 10.2. The van der Waals surface area contributed by atoms with Gasteiger partial charge in [0.25, 0.3) is 5.22 Å². The number of carbonyl (C=O) groups excluding carboxylic acids is 1. The lowest BCUT2D eigenvalue weighted by Crippen LogP contribution is -2.02. The molecule has 0 aliphatic carbocycles. The maximum atomic E-state index is 12.1. The van der Waals surface area contributed by atoms with Crippen LogP contribution >= 0.6 is 51.3 Å². The highest BCUT2D eigenvalue weighted by atomic mass is 127. The fourth-order valence-electron chi connectivity index (χ4n) is 1.76. The number of hydrogen-bond donors (Lipinski definition) is 0. The molecular formula is C15H11BrINO2S. The van der Waals surface area contributed by atoms with Crippen molar-refractivity contribution in [3.63, 3.8) is 0 Å². The molecule has 1 heterocycles. The summed E-state index contributed by atoms with van der Waals surface area (Å²) in [5, 5.41) is 0.532. The number of nitrogens with zero attached hydrogens (tertiary/aromatic N) is 1. The van der Waals surface area contributed by atoms with Crippen molar-refractivity contribution in [1.82, 2.24) is 4.98 Å². The van der Waals surface area contributed by atoms with E-state index in [1.807, 2.05) is 48.5 Å². The fraction of sp³-hybridized carbons (Fsp3) is 0.0667. The molecule has 3 rings (SSSR count). The zero-order valence-corrected chi connectivity index (χ0v) is 15.5. The number of para-hydroxylation sites is 2. The molecule has 0 atom stereocenters. The minimum atomic E-state index is 0. The topological polar surface area (TPSA) is 43.1 Å². The summed E-state index contributed by atoms with van der Waals surface area (Å²) in [5.41, 5.74) is 2.28. The van der Waals surface area contributed by atoms with Gasteiger partial charge in [0.05, 0.1) is 5.75 Å². The standard InChI is InChI=1S/C15H10INO2S.BrH/c16-11-7-5-10(6-8-11)13(18)9-20-15-17-12-3-1-2-4-14(12)19-15;/h1-8H,9H2;1H. The molecular weight excluding hydrogens is 465 g/mol. The number of benzene rings is 2. The van der Waals surface area contributed by atoms with E-state index in [-0.39, 0.29) is 22.8 Å². The van der Waals surface area contributed by atoms with Gasteiger partial charge in [-0.05, 0) is 46.9 Å². The number of halogens is 2. The van der Waals surface area contributed by atoms with Gasteiger partial charge < -0.3 is 4.42 Å². The molecule has 0 aliphatic rings. The van der Waals surface area contributed by atoms with E-state index < -0.39 is 0 Å². The minimum Gasteiger partial charge on any atom is -0.431 e. The summed E-state index contributed by atoms with van der Waals surface area (Å²) >= 11 is 3.54. The van der Waals surface area contributed by atoms with Crippen molar-refractivity contribution in [1.29, 1.82) is 0 Å². The molecule has 1 aromatic heterocycles. The summed E-state index contributed by atoms with van der Waals surface area (Å²) in [7, 11) is 0. The van der Waals surface area contributed by atoms with Gasteiger partial charge in [0, 0.05) is 9.13 Å². The van der Waals surface area contributed by atoms with Gasteiger partial charge in [-0.15, -0.1) is 17.0 Å². The van der Waals surface area contributed by atoms with Gasteiger partial charge in [0.1, 0.15) is 5.52 Å². The van der Waals surface area contributed by atoms with Crippen LogP contribution in [0, 0.1) is 3.57 Å². The number of rotatable bonds is 4. The van der Waals surface area contributed by atoms with Crippen LogP contribution in [-0.2, 0) is 0 Å². The molecule has 3 aromatic rings. The Morgan fingerprint density at radius 2 is 1.86 bits per heavy atom. The van der Waals surface area contributed by atoms with Gasteiger partial charge in [0.15, 0.2) is 11.4 Å². The Bertz CT molecular complexity index is 725. The van der Waals surface area contributed by atoms with E-state index in [4.69, 9.17) is 4.42 Å². The Morgan fingerprint density at radius 1 is 1.14 bits per heavy atom. The van der Waals surface area contributed by atoms with Crippen molar-refractivity contribution >= 4 is 68.2 Å². The third-order valence-corrected chi connectivity index (χ3v) is 4.31. The number of hydrogen-bond acceptors (Lipinski definition) is 4. The van der Waals surface area contributed by atoms with Crippen LogP contribution in [0.2, 0.25) is 0 Å². The minimum absolute atomic E-state index is 0. The zero-order valence-electron chi connectivity index (χ0n) is 10.8. The lowest BCUT2D eigenvalue weighted by molar-refractivity contribution is 0.102. The van der Waals surface area contributed by atoms with Crippen molar-refractivity contribution in [2.45, 2.75) is 5.22 Å². The molecule has 0 amide bonds. The first kappa shape index (κ1) is 16.5. The SMILES string of the molecule is Br.O=C(CSc1nc2ccccc2o1)c1ccc(I)cc1. The van der Waals surface area contributed by atoms with Crippen LogP contribution in [0.5, 0.6) is 0 Å². The highest BCUT2D eigenvalue weighted by Gasteiger charge is 2.10. The number of Topliss-reactive ketones (excluding diaryl/α,β-unsaturated/α-hetero) is 1. The normalized spacial score (nSPS) is 10.3. The third-order valence-electron chi connectivity index (χ3n) is 2.77. The second kappa shape index (κ2) is 7.42. The van der Waals surface area contributed by atoms with E-state index in [0.29, 0.717) is 16.5 Å². The van der Waals surface area contributed by atoms with Crippen LogP contribution in [-0.4, -0.2) is 16.5 Å². The van der Waals surface area contributed by atoms with Crippen LogP contribution in [0.15, 0.2) is 58.2 Å². The highest BCUT2D eigenvalue weighted by Crippen LogP contribution is 2.23. The highest BCUT2D eigenvalue weighted by molar-refractivity contribution is 14.1. The second-order valence-electron chi connectivity index (χ2n) is 4.17. The van der Waals surface area contributed by atoms with Gasteiger partial charge in [-0.25, -0.2) is 4.98 Å². The first-order valence-electron chi connectivity index (χ1n) is 5.99. The third kappa shape index (κ3) is 4.08. The number of carbonyl (C=O) groups is 1. The number of thioether (sulfide) groups is 1. The summed E-state index contributed by atoms with van der Waals surface area (Å²) < 4.78 is 6.69. The number of aromatic nitrogens is 1. The van der Waals surface area contributed by atoms with E-state index >= 15 is 0 Å². The fourth-order valence-corrected chi connectivity index (χ4v) is 2.85. The monoisotopic (exact) mass is 475 g/mol. The van der Waals surface area contributed by atoms with E-state index in [1.54, 1.807) is 0 Å². The van der Waals surface area contributed by atoms with Gasteiger partial charge in [-0.1, -0.05) is 36.0 Å². The summed E-state index contributed by atoms with van der Waals surface area (Å²) in [6.45, 7) is 0. The quantitative estimate of drug-likeness (QED) is 0.303. The molecule has 0 radical (unpaired) electrons. The Morgan fingerprint density at radius 3 is 2.57 bits per heavy atom. The molecule has 0 bridgehead atoms. The predicted molar refractivity (Wildman–Crippen MR) is 98.5 cm³/mol. The molecule has 0 spiro atoms. The maximum absolute atomic E-state index is 12.1. The van der Waals surface area contributed by atoms with Crippen molar-refractivity contribution in [2.75, 3.05) is 5.75 Å². The average molecular weight is 476 g/mol. The van der Waals surface area contributed by atoms with Crippen molar-refractivity contribution in [3.8, 4) is 0 Å². The summed E-state index contributed by atoms with van der Waals surface area (Å²) in [6, 6.07) is 15.1. The molecule has 108 valence electrons. The van der Waals surface area contributed by atoms with E-state index in [0.717, 1.165) is 14.7 Å². The van der Waals surface area contributed by atoms with Gasteiger partial charge in [-0.3, -0.25) is 4.79 Å². The van der Waals surface area contributed by atoms with Gasteiger partial charge in [-0.2, -0.15) is 0 Å². The van der Waals surface area contributed by atoms with Crippen LogP contribution in [0.4, 0.5) is 0 Å². The van der Waals surface area contributed by atoms with Crippen LogP contribution in [0.1, 0.15) is 10.4 Å². The Labute approximate surface area is 150 Å². The molecule has 0 unspecified atom stereocenters. The molecule has 0 fully saturated rings. The smallest absolute Gasteiger partial charge is 0.257 e. The maximum Gasteiger partial charge on any atom is 0.257 e. The number of ketones is 1. The largest absolute Gasteiger partial charge is 0.431 e. The van der Waals surface area contributed by atoms with Gasteiger partial charge in [0.2, 0.25) is 0 Å². The van der Waals surface area contributed by atoms with Crippen LogP contribution < -0.4 is 0 Å². The molecule has 2 aromatic carbocycles. The number of fused-ring (bicyclic) bond motifs is 1. The van der Waals surface area contributed by atoms with E-state index in [2.05, 4.69) is 27.6 Å². The molecule has 3 nitrogen and oxygen atoms in total. The molecule has 0 aliphatic heterocycles. The lowest BCUT2D eigenvalue weighted by Gasteiger charge is -1.99. The Balaban J connectivity index is 0.00000161. The second-order valence-corrected chi connectivity index (χ2v) is 6.34. The predicted octanol–water partition coefficient (Wildman–Crippen LogP) is 4.99.